The number of nitrogens with zero attached hydrogens (tertiary/aromatic N) is 2. The Bertz CT molecular complexity index is 1260. The first-order valence-corrected chi connectivity index (χ1v) is 12.9. The summed E-state index contributed by atoms with van der Waals surface area (Å²) in [4.78, 5) is 19.0. The first kappa shape index (κ1) is 23.8. The Balaban J connectivity index is 1.57. The average molecular weight is 491 g/mol. The summed E-state index contributed by atoms with van der Waals surface area (Å²) in [6.07, 6.45) is 4.64. The average Bonchev–Trinajstić information content (AvgIpc) is 3.31. The number of fused-ring (bicyclic) bond motifs is 5. The minimum absolute atomic E-state index is 0.0332. The molecule has 1 aliphatic heterocycles. The van der Waals surface area contributed by atoms with E-state index in [2.05, 4.69) is 31.8 Å². The van der Waals surface area contributed by atoms with Gasteiger partial charge < -0.3 is 19.3 Å². The van der Waals surface area contributed by atoms with Crippen LogP contribution in [0.4, 0.5) is 0 Å². The summed E-state index contributed by atoms with van der Waals surface area (Å²) in [5.74, 6) is -0.641. The monoisotopic (exact) mass is 490 g/mol. The number of rotatable bonds is 2. The zero-order chi connectivity index (χ0) is 25.8. The molecule has 5 aliphatic rings. The van der Waals surface area contributed by atoms with Crippen molar-refractivity contribution < 1.29 is 24.1 Å². The topological polar surface area (TPSA) is 102 Å². The normalized spacial score (nSPS) is 43.4. The molecule has 6 rings (SSSR count). The second kappa shape index (κ2) is 7.28. The zero-order valence-electron chi connectivity index (χ0n) is 21.7. The van der Waals surface area contributed by atoms with Gasteiger partial charge in [0.25, 0.3) is 0 Å². The molecule has 1 aromatic heterocycles. The number of aliphatic hydroxyl groups is 1. The molecule has 1 saturated heterocycles. The predicted octanol–water partition coefficient (Wildman–Crippen LogP) is 3.97. The molecule has 8 atom stereocenters. The van der Waals surface area contributed by atoms with Gasteiger partial charge in [0.1, 0.15) is 17.7 Å². The third-order valence-corrected chi connectivity index (χ3v) is 9.79. The Hall–Kier alpha value is -2.53. The Kier molecular flexibility index (Phi) is 4.82. The lowest BCUT2D eigenvalue weighted by atomic mass is 9.59. The van der Waals surface area contributed by atoms with Gasteiger partial charge in [0, 0.05) is 12.1 Å². The summed E-state index contributed by atoms with van der Waals surface area (Å²) in [6.45, 7) is 12.4. The minimum atomic E-state index is -1.74. The van der Waals surface area contributed by atoms with Crippen LogP contribution in [0.25, 0.3) is 0 Å². The number of carbonyl (C=O) groups is 1. The van der Waals surface area contributed by atoms with Crippen molar-refractivity contribution in [2.24, 2.45) is 34.5 Å². The molecule has 1 N–H and O–H groups in total. The molecule has 0 aromatic carbocycles. The van der Waals surface area contributed by atoms with Crippen LogP contribution in [0.3, 0.4) is 0 Å². The molecule has 1 unspecified atom stereocenters. The first-order chi connectivity index (χ1) is 16.9. The Morgan fingerprint density at radius 3 is 2.75 bits per heavy atom. The SMILES string of the molecule is CC1=CC23C(=O)[C@@H](C=C4COC(C)(C)O[C@H]4[C@]2(O)[C@H]1Oc1ncccc1C#N)[C@H]1[C@@H](C[C@H]3C)C1(C)C. The van der Waals surface area contributed by atoms with E-state index in [0.29, 0.717) is 5.92 Å². The van der Waals surface area contributed by atoms with Crippen molar-refractivity contribution in [2.45, 2.75) is 71.6 Å². The van der Waals surface area contributed by atoms with Crippen LogP contribution in [0, 0.1) is 45.8 Å². The van der Waals surface area contributed by atoms with Crippen molar-refractivity contribution in [1.29, 1.82) is 5.26 Å². The third-order valence-electron chi connectivity index (χ3n) is 9.79. The second-order valence-electron chi connectivity index (χ2n) is 12.5. The number of carbonyl (C=O) groups excluding carboxylic acids is 1. The predicted molar refractivity (Wildman–Crippen MR) is 131 cm³/mol. The van der Waals surface area contributed by atoms with Gasteiger partial charge in [-0.1, -0.05) is 32.9 Å². The molecular weight excluding hydrogens is 456 g/mol. The molecule has 2 bridgehead atoms. The summed E-state index contributed by atoms with van der Waals surface area (Å²) < 4.78 is 18.9. The fourth-order valence-electron chi connectivity index (χ4n) is 7.98. The van der Waals surface area contributed by atoms with Crippen molar-refractivity contribution in [3.05, 3.63) is 47.2 Å². The Morgan fingerprint density at radius 1 is 1.28 bits per heavy atom. The van der Waals surface area contributed by atoms with Crippen molar-refractivity contribution in [3.63, 3.8) is 0 Å². The summed E-state index contributed by atoms with van der Waals surface area (Å²) in [5.41, 5.74) is -1.08. The maximum atomic E-state index is 14.7. The number of nitriles is 1. The highest BCUT2D eigenvalue weighted by Crippen LogP contribution is 2.72. The van der Waals surface area contributed by atoms with Gasteiger partial charge in [-0.15, -0.1) is 0 Å². The first-order valence-electron chi connectivity index (χ1n) is 12.9. The quantitative estimate of drug-likeness (QED) is 0.626. The summed E-state index contributed by atoms with van der Waals surface area (Å²) in [6, 6.07) is 5.43. The van der Waals surface area contributed by atoms with E-state index in [-0.39, 0.29) is 47.0 Å². The van der Waals surface area contributed by atoms with Crippen molar-refractivity contribution >= 4 is 5.78 Å². The lowest BCUT2D eigenvalue weighted by Crippen LogP contribution is -2.68. The second-order valence-corrected chi connectivity index (χ2v) is 12.5. The lowest BCUT2D eigenvalue weighted by Gasteiger charge is -2.52. The van der Waals surface area contributed by atoms with Gasteiger partial charge in [0.05, 0.1) is 12.0 Å². The molecule has 0 amide bonds. The van der Waals surface area contributed by atoms with E-state index in [0.717, 1.165) is 17.6 Å². The molecule has 7 nitrogen and oxygen atoms in total. The summed E-state index contributed by atoms with van der Waals surface area (Å²) in [7, 11) is 0. The molecule has 1 spiro atoms. The van der Waals surface area contributed by atoms with Crippen LogP contribution in [0.1, 0.15) is 53.5 Å². The van der Waals surface area contributed by atoms with Crippen molar-refractivity contribution in [1.82, 2.24) is 4.98 Å². The highest BCUT2D eigenvalue weighted by molar-refractivity contribution is 5.95. The Morgan fingerprint density at radius 2 is 2.03 bits per heavy atom. The minimum Gasteiger partial charge on any atom is -0.466 e. The molecule has 7 heteroatoms. The number of Topliss-reactive ketones (excluding diaryl/α,β-unsaturated/α-hetero) is 1. The molecule has 36 heavy (non-hydrogen) atoms. The molecule has 1 aromatic rings. The highest BCUT2D eigenvalue weighted by atomic mass is 16.7. The molecule has 2 heterocycles. The van der Waals surface area contributed by atoms with Gasteiger partial charge in [0.15, 0.2) is 23.3 Å². The van der Waals surface area contributed by atoms with E-state index in [1.54, 1.807) is 18.3 Å². The van der Waals surface area contributed by atoms with E-state index in [1.165, 1.54) is 0 Å². The maximum Gasteiger partial charge on any atom is 0.232 e. The van der Waals surface area contributed by atoms with Crippen LogP contribution in [-0.4, -0.2) is 46.1 Å². The van der Waals surface area contributed by atoms with Crippen LogP contribution < -0.4 is 4.74 Å². The Labute approximate surface area is 212 Å². The van der Waals surface area contributed by atoms with E-state index in [9.17, 15) is 15.2 Å². The van der Waals surface area contributed by atoms with Crippen LogP contribution in [0.15, 0.2) is 41.6 Å². The number of hydrogen-bond donors (Lipinski definition) is 1. The molecule has 4 aliphatic carbocycles. The smallest absolute Gasteiger partial charge is 0.232 e. The third kappa shape index (κ3) is 2.84. The zero-order valence-corrected chi connectivity index (χ0v) is 21.7. The van der Waals surface area contributed by atoms with Crippen LogP contribution in [0.2, 0.25) is 0 Å². The van der Waals surface area contributed by atoms with Gasteiger partial charge in [-0.25, -0.2) is 4.98 Å². The number of aromatic nitrogens is 1. The van der Waals surface area contributed by atoms with Gasteiger partial charge >= 0.3 is 0 Å². The van der Waals surface area contributed by atoms with Crippen LogP contribution in [0.5, 0.6) is 5.88 Å². The molecular formula is C29H34N2O5. The van der Waals surface area contributed by atoms with E-state index >= 15 is 0 Å². The number of ketones is 1. The number of allylic oxidation sites excluding steroid dienone is 1. The van der Waals surface area contributed by atoms with Gasteiger partial charge in [-0.05, 0) is 73.6 Å². The fraction of sp³-hybridized carbons (Fsp3) is 0.621. The summed E-state index contributed by atoms with van der Waals surface area (Å²) >= 11 is 0. The van der Waals surface area contributed by atoms with Crippen LogP contribution in [-0.2, 0) is 14.3 Å². The highest BCUT2D eigenvalue weighted by Gasteiger charge is 2.77. The summed E-state index contributed by atoms with van der Waals surface area (Å²) in [5, 5.41) is 22.7. The molecule has 3 fully saturated rings. The van der Waals surface area contributed by atoms with Crippen LogP contribution >= 0.6 is 0 Å². The van der Waals surface area contributed by atoms with E-state index < -0.39 is 29.0 Å². The lowest BCUT2D eigenvalue weighted by molar-refractivity contribution is -0.301. The maximum absolute atomic E-state index is 14.7. The van der Waals surface area contributed by atoms with E-state index in [4.69, 9.17) is 14.2 Å². The molecule has 190 valence electrons. The van der Waals surface area contributed by atoms with Crippen molar-refractivity contribution in [2.75, 3.05) is 6.61 Å². The fourth-order valence-corrected chi connectivity index (χ4v) is 7.98. The number of hydrogen-bond acceptors (Lipinski definition) is 7. The van der Waals surface area contributed by atoms with Gasteiger partial charge in [-0.3, -0.25) is 4.79 Å². The van der Waals surface area contributed by atoms with Crippen molar-refractivity contribution in [3.8, 4) is 11.9 Å². The van der Waals surface area contributed by atoms with Gasteiger partial charge in [0.2, 0.25) is 5.88 Å². The largest absolute Gasteiger partial charge is 0.466 e. The standard InChI is InChI=1S/C29H34N2O5/c1-15-12-28-16(2)10-20-21(26(20,3)4)19(22(28)32)11-18-14-34-27(5,6)36-24(18)29(28,33)23(15)35-25-17(13-30)8-7-9-31-25/h7-9,11-12,16,19-21,23-24,33H,10,14H2,1-6H3/t16-,19+,20-,21+,23+,24-,28?,29-/m1/s1. The number of ether oxygens (including phenoxy) is 3. The molecule has 0 radical (unpaired) electrons. The molecule has 2 saturated carbocycles. The van der Waals surface area contributed by atoms with Gasteiger partial charge in [-0.2, -0.15) is 5.26 Å². The van der Waals surface area contributed by atoms with E-state index in [1.807, 2.05) is 32.9 Å². The number of pyridine rings is 1.